The largest absolute Gasteiger partial charge is 0.344 e. The fraction of sp³-hybridized carbons (Fsp3) is 0.333. The molecule has 1 amide bonds. The Kier molecular flexibility index (Phi) is 5.38. The van der Waals surface area contributed by atoms with Gasteiger partial charge in [0.1, 0.15) is 0 Å². The third-order valence-corrected chi connectivity index (χ3v) is 4.76. The van der Waals surface area contributed by atoms with E-state index in [1.807, 2.05) is 36.7 Å². The fourth-order valence-corrected chi connectivity index (χ4v) is 3.39. The summed E-state index contributed by atoms with van der Waals surface area (Å²) in [5, 5.41) is 9.89. The molecule has 1 unspecified atom stereocenters. The van der Waals surface area contributed by atoms with Crippen molar-refractivity contribution in [1.29, 1.82) is 0 Å². The van der Waals surface area contributed by atoms with E-state index in [1.54, 1.807) is 0 Å². The zero-order valence-corrected chi connectivity index (χ0v) is 15.6. The fourth-order valence-electron chi connectivity index (χ4n) is 3.39. The Morgan fingerprint density at radius 1 is 1.19 bits per heavy atom. The summed E-state index contributed by atoms with van der Waals surface area (Å²) >= 11 is 0. The summed E-state index contributed by atoms with van der Waals surface area (Å²) in [4.78, 5) is 12.9. The van der Waals surface area contributed by atoms with Gasteiger partial charge in [-0.05, 0) is 42.7 Å². The van der Waals surface area contributed by atoms with Gasteiger partial charge in [-0.2, -0.15) is 5.10 Å². The van der Waals surface area contributed by atoms with E-state index in [4.69, 9.17) is 5.73 Å². The van der Waals surface area contributed by atoms with Gasteiger partial charge in [0.25, 0.3) is 5.91 Å². The van der Waals surface area contributed by atoms with E-state index in [0.717, 1.165) is 35.3 Å². The van der Waals surface area contributed by atoms with Gasteiger partial charge in [-0.15, -0.1) is 0 Å². The minimum atomic E-state index is -0.236. The Labute approximate surface area is 154 Å². The van der Waals surface area contributed by atoms with Gasteiger partial charge < -0.3 is 11.1 Å². The molecule has 5 nitrogen and oxygen atoms in total. The second-order valence-electron chi connectivity index (χ2n) is 6.64. The van der Waals surface area contributed by atoms with E-state index in [9.17, 15) is 4.79 Å². The number of aryl methyl sites for hydroxylation is 2. The van der Waals surface area contributed by atoms with Gasteiger partial charge in [0.05, 0.1) is 17.3 Å². The number of benzene rings is 2. The Hall–Kier alpha value is -2.66. The SMILES string of the molecule is CCCn1nc(C)c(C(=O)NC(CN)c2ccc3ccccc3c2)c1C. The standard InChI is InChI=1S/C21H26N4O/c1-4-11-25-15(3)20(14(2)24-25)21(26)23-19(13-22)18-10-9-16-7-5-6-8-17(16)12-18/h5-10,12,19H,4,11,13,22H2,1-3H3,(H,23,26). The summed E-state index contributed by atoms with van der Waals surface area (Å²) in [5.41, 5.74) is 9.28. The topological polar surface area (TPSA) is 72.9 Å². The van der Waals surface area contributed by atoms with Crippen LogP contribution in [0.4, 0.5) is 0 Å². The molecule has 2 aromatic carbocycles. The van der Waals surface area contributed by atoms with E-state index in [-0.39, 0.29) is 11.9 Å². The summed E-state index contributed by atoms with van der Waals surface area (Å²) in [6.45, 7) is 7.07. The molecule has 3 N–H and O–H groups in total. The van der Waals surface area contributed by atoms with Crippen molar-refractivity contribution < 1.29 is 4.79 Å². The monoisotopic (exact) mass is 350 g/mol. The maximum absolute atomic E-state index is 12.9. The highest BCUT2D eigenvalue weighted by molar-refractivity contribution is 5.96. The van der Waals surface area contributed by atoms with Gasteiger partial charge in [-0.3, -0.25) is 9.48 Å². The normalized spacial score (nSPS) is 12.3. The highest BCUT2D eigenvalue weighted by Gasteiger charge is 2.21. The summed E-state index contributed by atoms with van der Waals surface area (Å²) in [6, 6.07) is 14.1. The molecule has 26 heavy (non-hydrogen) atoms. The van der Waals surface area contributed by atoms with Crippen LogP contribution < -0.4 is 11.1 Å². The van der Waals surface area contributed by atoms with E-state index in [2.05, 4.69) is 41.6 Å². The molecule has 0 aliphatic rings. The number of rotatable bonds is 6. The van der Waals surface area contributed by atoms with Gasteiger partial charge in [-0.25, -0.2) is 0 Å². The number of carbonyl (C=O) groups is 1. The van der Waals surface area contributed by atoms with Crippen LogP contribution in [0.15, 0.2) is 42.5 Å². The van der Waals surface area contributed by atoms with Crippen molar-refractivity contribution in [3.8, 4) is 0 Å². The lowest BCUT2D eigenvalue weighted by atomic mass is 10.0. The molecule has 0 fully saturated rings. The molecule has 3 rings (SSSR count). The first kappa shape index (κ1) is 18.1. The highest BCUT2D eigenvalue weighted by Crippen LogP contribution is 2.21. The Morgan fingerprint density at radius 3 is 2.62 bits per heavy atom. The molecule has 0 saturated heterocycles. The molecule has 0 radical (unpaired) electrons. The van der Waals surface area contributed by atoms with Crippen LogP contribution >= 0.6 is 0 Å². The van der Waals surface area contributed by atoms with E-state index in [0.29, 0.717) is 12.1 Å². The molecule has 1 heterocycles. The summed E-state index contributed by atoms with van der Waals surface area (Å²) in [5.74, 6) is -0.119. The number of nitrogens with two attached hydrogens (primary N) is 1. The Morgan fingerprint density at radius 2 is 1.92 bits per heavy atom. The van der Waals surface area contributed by atoms with Crippen molar-refractivity contribution in [1.82, 2.24) is 15.1 Å². The molecule has 1 atom stereocenters. The molecule has 5 heteroatoms. The number of hydrogen-bond donors (Lipinski definition) is 2. The maximum atomic E-state index is 12.9. The van der Waals surface area contributed by atoms with Crippen LogP contribution in [0.2, 0.25) is 0 Å². The summed E-state index contributed by atoms with van der Waals surface area (Å²) < 4.78 is 1.90. The molecule has 136 valence electrons. The van der Waals surface area contributed by atoms with Crippen LogP contribution in [0.5, 0.6) is 0 Å². The molecule has 0 aliphatic carbocycles. The van der Waals surface area contributed by atoms with Crippen LogP contribution in [-0.4, -0.2) is 22.2 Å². The summed E-state index contributed by atoms with van der Waals surface area (Å²) in [7, 11) is 0. The number of hydrogen-bond acceptors (Lipinski definition) is 3. The lowest BCUT2D eigenvalue weighted by Crippen LogP contribution is -2.34. The van der Waals surface area contributed by atoms with Gasteiger partial charge in [0.15, 0.2) is 0 Å². The number of fused-ring (bicyclic) bond motifs is 1. The van der Waals surface area contributed by atoms with Gasteiger partial charge in [0, 0.05) is 18.8 Å². The maximum Gasteiger partial charge on any atom is 0.255 e. The first-order chi connectivity index (χ1) is 12.5. The first-order valence-electron chi connectivity index (χ1n) is 9.08. The van der Waals surface area contributed by atoms with Crippen LogP contribution in [0.3, 0.4) is 0 Å². The van der Waals surface area contributed by atoms with E-state index >= 15 is 0 Å². The first-order valence-corrected chi connectivity index (χ1v) is 9.08. The average Bonchev–Trinajstić information content (AvgIpc) is 2.93. The molecule has 1 aromatic heterocycles. The zero-order chi connectivity index (χ0) is 18.7. The molecule has 3 aromatic rings. The highest BCUT2D eigenvalue weighted by atomic mass is 16.1. The summed E-state index contributed by atoms with van der Waals surface area (Å²) in [6.07, 6.45) is 0.978. The van der Waals surface area contributed by atoms with Crippen LogP contribution in [0.25, 0.3) is 10.8 Å². The minimum absolute atomic E-state index is 0.119. The second kappa shape index (κ2) is 7.70. The van der Waals surface area contributed by atoms with Crippen LogP contribution in [0, 0.1) is 13.8 Å². The molecule has 0 bridgehead atoms. The van der Waals surface area contributed by atoms with Crippen molar-refractivity contribution >= 4 is 16.7 Å². The van der Waals surface area contributed by atoms with E-state index in [1.165, 1.54) is 5.39 Å². The number of amides is 1. The lowest BCUT2D eigenvalue weighted by Gasteiger charge is -2.18. The third-order valence-electron chi connectivity index (χ3n) is 4.76. The number of aromatic nitrogens is 2. The van der Waals surface area contributed by atoms with Crippen LogP contribution in [0.1, 0.15) is 46.7 Å². The van der Waals surface area contributed by atoms with Crippen molar-refractivity contribution in [3.63, 3.8) is 0 Å². The Bertz CT molecular complexity index is 929. The quantitative estimate of drug-likeness (QED) is 0.715. The smallest absolute Gasteiger partial charge is 0.255 e. The van der Waals surface area contributed by atoms with Crippen LogP contribution in [-0.2, 0) is 6.54 Å². The molecular formula is C21H26N4O. The lowest BCUT2D eigenvalue weighted by molar-refractivity contribution is 0.0936. The second-order valence-corrected chi connectivity index (χ2v) is 6.64. The molecule has 0 saturated carbocycles. The number of nitrogens with one attached hydrogen (secondary N) is 1. The Balaban J connectivity index is 1.86. The molecule has 0 spiro atoms. The average molecular weight is 350 g/mol. The van der Waals surface area contributed by atoms with E-state index < -0.39 is 0 Å². The van der Waals surface area contributed by atoms with Crippen molar-refractivity contribution in [3.05, 3.63) is 65.0 Å². The predicted molar refractivity (Wildman–Crippen MR) is 105 cm³/mol. The number of carbonyl (C=O) groups excluding carboxylic acids is 1. The van der Waals surface area contributed by atoms with Crippen molar-refractivity contribution in [2.45, 2.75) is 39.8 Å². The van der Waals surface area contributed by atoms with Crippen molar-refractivity contribution in [2.24, 2.45) is 5.73 Å². The van der Waals surface area contributed by atoms with Gasteiger partial charge in [-0.1, -0.05) is 43.3 Å². The van der Waals surface area contributed by atoms with Crippen molar-refractivity contribution in [2.75, 3.05) is 6.54 Å². The minimum Gasteiger partial charge on any atom is -0.344 e. The molecule has 0 aliphatic heterocycles. The third kappa shape index (κ3) is 3.48. The number of nitrogens with zero attached hydrogens (tertiary/aromatic N) is 2. The zero-order valence-electron chi connectivity index (χ0n) is 15.6. The van der Waals surface area contributed by atoms with Gasteiger partial charge >= 0.3 is 0 Å². The molecular weight excluding hydrogens is 324 g/mol. The predicted octanol–water partition coefficient (Wildman–Crippen LogP) is 3.49. The van der Waals surface area contributed by atoms with Gasteiger partial charge in [0.2, 0.25) is 0 Å².